The Morgan fingerprint density at radius 2 is 2.11 bits per heavy atom. The lowest BCUT2D eigenvalue weighted by atomic mass is 10.1. The Hall–Kier alpha value is 0.0900. The van der Waals surface area contributed by atoms with Crippen molar-refractivity contribution < 1.29 is 8.42 Å². The van der Waals surface area contributed by atoms with Crippen molar-refractivity contribution in [2.45, 2.75) is 29.0 Å². The second-order valence-electron chi connectivity index (χ2n) is 4.52. The monoisotopic (exact) mass is 395 g/mol. The molecule has 2 unspecified atom stereocenters. The van der Waals surface area contributed by atoms with Crippen LogP contribution in [0.15, 0.2) is 33.6 Å². The van der Waals surface area contributed by atoms with Crippen molar-refractivity contribution >= 4 is 41.9 Å². The highest BCUT2D eigenvalue weighted by atomic mass is 79.9. The molecule has 1 saturated carbocycles. The molecule has 0 aliphatic heterocycles. The summed E-state index contributed by atoms with van der Waals surface area (Å²) in [5.74, 6) is 0.395. The fourth-order valence-electron chi connectivity index (χ4n) is 2.16. The predicted octanol–water partition coefficient (Wildman–Crippen LogP) is 3.29. The van der Waals surface area contributed by atoms with Crippen LogP contribution in [0.2, 0.25) is 0 Å². The summed E-state index contributed by atoms with van der Waals surface area (Å²) in [5, 5.41) is 0. The van der Waals surface area contributed by atoms with E-state index in [9.17, 15) is 8.42 Å². The summed E-state index contributed by atoms with van der Waals surface area (Å²) in [5.41, 5.74) is 0. The molecule has 0 aromatic heterocycles. The zero-order chi connectivity index (χ0) is 13.2. The molecule has 6 heteroatoms. The molecule has 1 aromatic carbocycles. The molecule has 0 spiro atoms. The average Bonchev–Trinajstić information content (AvgIpc) is 2.72. The number of rotatable bonds is 4. The zero-order valence-corrected chi connectivity index (χ0v) is 13.8. The number of benzene rings is 1. The van der Waals surface area contributed by atoms with Gasteiger partial charge < -0.3 is 0 Å². The third kappa shape index (κ3) is 3.56. The second-order valence-corrected chi connectivity index (χ2v) is 8.38. The van der Waals surface area contributed by atoms with Gasteiger partial charge in [-0.05, 0) is 37.0 Å². The van der Waals surface area contributed by atoms with Gasteiger partial charge in [-0.2, -0.15) is 0 Å². The van der Waals surface area contributed by atoms with Gasteiger partial charge in [0, 0.05) is 15.8 Å². The molecule has 0 amide bonds. The molecular weight excluding hydrogens is 382 g/mol. The molecule has 3 nitrogen and oxygen atoms in total. The van der Waals surface area contributed by atoms with Crippen LogP contribution in [-0.2, 0) is 10.0 Å². The van der Waals surface area contributed by atoms with Gasteiger partial charge in [0.15, 0.2) is 0 Å². The van der Waals surface area contributed by atoms with Crippen molar-refractivity contribution in [2.24, 2.45) is 5.92 Å². The van der Waals surface area contributed by atoms with Gasteiger partial charge in [0.1, 0.15) is 0 Å². The van der Waals surface area contributed by atoms with Crippen LogP contribution in [0.3, 0.4) is 0 Å². The van der Waals surface area contributed by atoms with Gasteiger partial charge in [0.2, 0.25) is 10.0 Å². The van der Waals surface area contributed by atoms with E-state index >= 15 is 0 Å². The van der Waals surface area contributed by atoms with Crippen LogP contribution in [0.4, 0.5) is 0 Å². The quantitative estimate of drug-likeness (QED) is 0.793. The number of sulfonamides is 1. The number of hydrogen-bond donors (Lipinski definition) is 1. The minimum absolute atomic E-state index is 0.306. The maximum absolute atomic E-state index is 12.1. The van der Waals surface area contributed by atoms with Crippen LogP contribution < -0.4 is 4.72 Å². The predicted molar refractivity (Wildman–Crippen MR) is 79.4 cm³/mol. The Morgan fingerprint density at radius 3 is 2.72 bits per heavy atom. The van der Waals surface area contributed by atoms with E-state index < -0.39 is 10.0 Å². The lowest BCUT2D eigenvalue weighted by Crippen LogP contribution is -2.31. The summed E-state index contributed by atoms with van der Waals surface area (Å²) < 4.78 is 27.7. The molecule has 2 atom stereocenters. The van der Waals surface area contributed by atoms with Crippen LogP contribution in [0.25, 0.3) is 0 Å². The van der Waals surface area contributed by atoms with Gasteiger partial charge in [0.05, 0.1) is 4.90 Å². The summed E-state index contributed by atoms with van der Waals surface area (Å²) in [7, 11) is -3.39. The van der Waals surface area contributed by atoms with E-state index in [0.717, 1.165) is 17.3 Å². The summed E-state index contributed by atoms with van der Waals surface area (Å²) >= 11 is 6.88. The van der Waals surface area contributed by atoms with E-state index in [4.69, 9.17) is 0 Å². The Labute approximate surface area is 125 Å². The zero-order valence-electron chi connectivity index (χ0n) is 9.77. The molecule has 0 saturated heterocycles. The largest absolute Gasteiger partial charge is 0.240 e. The van der Waals surface area contributed by atoms with E-state index in [1.165, 1.54) is 6.42 Å². The molecule has 1 aliphatic carbocycles. The first-order valence-electron chi connectivity index (χ1n) is 5.88. The first-order valence-corrected chi connectivity index (χ1v) is 9.07. The van der Waals surface area contributed by atoms with Crippen LogP contribution in [0.1, 0.15) is 19.3 Å². The van der Waals surface area contributed by atoms with Gasteiger partial charge in [-0.3, -0.25) is 0 Å². The van der Waals surface area contributed by atoms with E-state index in [2.05, 4.69) is 36.6 Å². The lowest BCUT2D eigenvalue weighted by Gasteiger charge is -2.15. The van der Waals surface area contributed by atoms with Crippen molar-refractivity contribution in [1.82, 2.24) is 4.72 Å². The molecule has 2 rings (SSSR count). The first kappa shape index (κ1) is 14.5. The fraction of sp³-hybridized carbons (Fsp3) is 0.500. The standard InChI is InChI=1S/C12H15Br2NO2S/c13-10-4-2-5-11(7-10)18(16,17)15-8-9-3-1-6-12(9)14/h2,4-5,7,9,12,15H,1,3,6,8H2. The van der Waals surface area contributed by atoms with E-state index in [0.29, 0.717) is 22.2 Å². The number of halogens is 2. The Morgan fingerprint density at radius 1 is 1.33 bits per heavy atom. The molecule has 1 aromatic rings. The molecule has 1 N–H and O–H groups in total. The normalized spacial score (nSPS) is 24.3. The van der Waals surface area contributed by atoms with E-state index in [-0.39, 0.29) is 0 Å². The van der Waals surface area contributed by atoms with Crippen LogP contribution in [0, 0.1) is 5.92 Å². The van der Waals surface area contributed by atoms with Crippen LogP contribution in [-0.4, -0.2) is 19.8 Å². The molecule has 0 bridgehead atoms. The average molecular weight is 397 g/mol. The molecule has 1 fully saturated rings. The number of hydrogen-bond acceptors (Lipinski definition) is 2. The minimum Gasteiger partial charge on any atom is -0.211 e. The van der Waals surface area contributed by atoms with E-state index in [1.54, 1.807) is 18.2 Å². The maximum atomic E-state index is 12.1. The first-order chi connectivity index (χ1) is 8.49. The highest BCUT2D eigenvalue weighted by Gasteiger charge is 2.26. The van der Waals surface area contributed by atoms with Crippen molar-refractivity contribution in [1.29, 1.82) is 0 Å². The summed E-state index contributed by atoms with van der Waals surface area (Å²) in [4.78, 5) is 0.740. The number of nitrogens with one attached hydrogen (secondary N) is 1. The Balaban J connectivity index is 2.03. The van der Waals surface area contributed by atoms with Crippen molar-refractivity contribution in [3.8, 4) is 0 Å². The summed E-state index contributed by atoms with van der Waals surface area (Å²) in [6.07, 6.45) is 3.37. The topological polar surface area (TPSA) is 46.2 Å². The van der Waals surface area contributed by atoms with Gasteiger partial charge in [-0.15, -0.1) is 0 Å². The van der Waals surface area contributed by atoms with Crippen molar-refractivity contribution in [3.05, 3.63) is 28.7 Å². The lowest BCUT2D eigenvalue weighted by molar-refractivity contribution is 0.529. The van der Waals surface area contributed by atoms with Crippen molar-refractivity contribution in [3.63, 3.8) is 0 Å². The van der Waals surface area contributed by atoms with Crippen LogP contribution in [0.5, 0.6) is 0 Å². The Kier molecular flexibility index (Phi) is 4.86. The number of alkyl halides is 1. The van der Waals surface area contributed by atoms with Gasteiger partial charge in [0.25, 0.3) is 0 Å². The third-order valence-electron chi connectivity index (χ3n) is 3.21. The summed E-state index contributed by atoms with van der Waals surface area (Å²) in [6, 6.07) is 6.75. The fourth-order valence-corrected chi connectivity index (χ4v) is 4.62. The van der Waals surface area contributed by atoms with Crippen molar-refractivity contribution in [2.75, 3.05) is 6.54 Å². The maximum Gasteiger partial charge on any atom is 0.240 e. The molecule has 18 heavy (non-hydrogen) atoms. The minimum atomic E-state index is -3.39. The molecular formula is C12H15Br2NO2S. The summed E-state index contributed by atoms with van der Waals surface area (Å²) in [6.45, 7) is 0.505. The van der Waals surface area contributed by atoms with E-state index in [1.807, 2.05) is 6.07 Å². The van der Waals surface area contributed by atoms with Gasteiger partial charge in [-0.25, -0.2) is 13.1 Å². The highest BCUT2D eigenvalue weighted by molar-refractivity contribution is 9.10. The second kappa shape index (κ2) is 6.03. The smallest absolute Gasteiger partial charge is 0.211 e. The van der Waals surface area contributed by atoms with Gasteiger partial charge >= 0.3 is 0 Å². The molecule has 0 heterocycles. The molecule has 0 radical (unpaired) electrons. The SMILES string of the molecule is O=S(=O)(NCC1CCCC1Br)c1cccc(Br)c1. The van der Waals surface area contributed by atoms with Gasteiger partial charge in [-0.1, -0.05) is 44.3 Å². The third-order valence-corrected chi connectivity index (χ3v) is 6.33. The Bertz CT molecular complexity index is 519. The highest BCUT2D eigenvalue weighted by Crippen LogP contribution is 2.31. The molecule has 100 valence electrons. The van der Waals surface area contributed by atoms with Crippen LogP contribution >= 0.6 is 31.9 Å². The molecule has 1 aliphatic rings.